The van der Waals surface area contributed by atoms with E-state index in [0.29, 0.717) is 13.2 Å². The van der Waals surface area contributed by atoms with E-state index in [9.17, 15) is 10.2 Å². The van der Waals surface area contributed by atoms with Crippen LogP contribution in [-0.4, -0.2) is 49.7 Å². The van der Waals surface area contributed by atoms with Gasteiger partial charge in [0.15, 0.2) is 14.1 Å². The van der Waals surface area contributed by atoms with Gasteiger partial charge in [0.2, 0.25) is 0 Å². The second kappa shape index (κ2) is 8.08. The molecule has 1 heterocycles. The molecule has 26 heavy (non-hydrogen) atoms. The first-order valence-corrected chi connectivity index (χ1v) is 12.2. The van der Waals surface area contributed by atoms with Gasteiger partial charge in [-0.3, -0.25) is 0 Å². The average Bonchev–Trinajstić information content (AvgIpc) is 2.80. The van der Waals surface area contributed by atoms with Gasteiger partial charge in [0.25, 0.3) is 0 Å². The predicted octanol–water partition coefficient (Wildman–Crippen LogP) is 3.31. The molecule has 2 N–H and O–H groups in total. The number of benzene rings is 1. The highest BCUT2D eigenvalue weighted by Crippen LogP contribution is 2.40. The van der Waals surface area contributed by atoms with Crippen LogP contribution < -0.4 is 0 Å². The second-order valence-corrected chi connectivity index (χ2v) is 13.6. The zero-order chi connectivity index (χ0) is 19.6. The van der Waals surface area contributed by atoms with Crippen LogP contribution in [0.4, 0.5) is 0 Å². The number of ether oxygens (including phenoxy) is 2. The van der Waals surface area contributed by atoms with Crippen LogP contribution >= 0.6 is 0 Å². The molecule has 0 amide bonds. The van der Waals surface area contributed by atoms with Crippen molar-refractivity contribution in [3.63, 3.8) is 0 Å². The molecule has 0 bridgehead atoms. The lowest BCUT2D eigenvalue weighted by Gasteiger charge is -2.37. The summed E-state index contributed by atoms with van der Waals surface area (Å²) in [4.78, 5) is 0. The summed E-state index contributed by atoms with van der Waals surface area (Å²) in [7, 11) is -1.95. The van der Waals surface area contributed by atoms with Crippen molar-refractivity contribution in [3.05, 3.63) is 35.9 Å². The minimum Gasteiger partial charge on any atom is -0.414 e. The van der Waals surface area contributed by atoms with Crippen LogP contribution in [0.5, 0.6) is 0 Å². The van der Waals surface area contributed by atoms with E-state index in [-0.39, 0.29) is 11.6 Å². The molecule has 1 aromatic carbocycles. The van der Waals surface area contributed by atoms with Gasteiger partial charge in [-0.2, -0.15) is 0 Å². The Hall–Kier alpha value is -0.763. The van der Waals surface area contributed by atoms with Crippen molar-refractivity contribution < 1.29 is 24.1 Å². The molecular formula is C20H34O5Si. The molecule has 0 spiro atoms. The van der Waals surface area contributed by atoms with Crippen LogP contribution in [0.3, 0.4) is 0 Å². The minimum absolute atomic E-state index is 0.0882. The van der Waals surface area contributed by atoms with Crippen molar-refractivity contribution in [2.45, 2.75) is 70.4 Å². The van der Waals surface area contributed by atoms with Gasteiger partial charge in [-0.15, -0.1) is 0 Å². The van der Waals surface area contributed by atoms with Gasteiger partial charge in [0.1, 0.15) is 6.10 Å². The summed E-state index contributed by atoms with van der Waals surface area (Å²) in [6.07, 6.45) is -0.847. The molecule has 1 unspecified atom stereocenters. The third kappa shape index (κ3) is 4.94. The van der Waals surface area contributed by atoms with Gasteiger partial charge in [0, 0.05) is 0 Å². The first kappa shape index (κ1) is 21.5. The maximum atomic E-state index is 10.6. The Morgan fingerprint density at radius 1 is 1.19 bits per heavy atom. The Balaban J connectivity index is 2.09. The summed E-state index contributed by atoms with van der Waals surface area (Å²) in [5, 5.41) is 20.5. The monoisotopic (exact) mass is 382 g/mol. The molecule has 1 saturated heterocycles. The van der Waals surface area contributed by atoms with Crippen LogP contribution in [0.15, 0.2) is 30.3 Å². The Morgan fingerprint density at radius 3 is 2.35 bits per heavy atom. The van der Waals surface area contributed by atoms with Crippen LogP contribution in [0.25, 0.3) is 0 Å². The average molecular weight is 383 g/mol. The van der Waals surface area contributed by atoms with E-state index in [1.54, 1.807) is 6.92 Å². The van der Waals surface area contributed by atoms with Crippen molar-refractivity contribution in [1.29, 1.82) is 0 Å². The van der Waals surface area contributed by atoms with Crippen molar-refractivity contribution in [2.75, 3.05) is 13.2 Å². The minimum atomic E-state index is -1.95. The molecule has 0 aromatic heterocycles. The predicted molar refractivity (Wildman–Crippen MR) is 104 cm³/mol. The highest BCUT2D eigenvalue weighted by atomic mass is 28.4. The number of rotatable bonds is 7. The van der Waals surface area contributed by atoms with E-state index in [2.05, 4.69) is 33.9 Å². The van der Waals surface area contributed by atoms with E-state index in [4.69, 9.17) is 13.9 Å². The van der Waals surface area contributed by atoms with Gasteiger partial charge in [-0.25, -0.2) is 0 Å². The summed E-state index contributed by atoms with van der Waals surface area (Å²) in [5.74, 6) is -1.95. The third-order valence-corrected chi connectivity index (χ3v) is 10.2. The lowest BCUT2D eigenvalue weighted by molar-refractivity contribution is -0.206. The number of aliphatic hydroxyl groups excluding tert-OH is 1. The van der Waals surface area contributed by atoms with Crippen LogP contribution in [0.2, 0.25) is 18.1 Å². The van der Waals surface area contributed by atoms with Gasteiger partial charge in [0.05, 0.1) is 31.8 Å². The Labute approximate surface area is 158 Å². The van der Waals surface area contributed by atoms with E-state index < -0.39 is 32.2 Å². The molecule has 2 rings (SSSR count). The molecule has 1 aliphatic heterocycles. The SMILES string of the molecule is CC1(O)O[C@H](CO[Si](C)(C)C(C)(C)C)[C@@H](OCc2ccccc2)[C@H]1CO. The van der Waals surface area contributed by atoms with Crippen molar-refractivity contribution in [1.82, 2.24) is 0 Å². The van der Waals surface area contributed by atoms with E-state index in [0.717, 1.165) is 5.56 Å². The maximum absolute atomic E-state index is 10.6. The lowest BCUT2D eigenvalue weighted by Crippen LogP contribution is -2.44. The van der Waals surface area contributed by atoms with Gasteiger partial charge in [-0.05, 0) is 30.6 Å². The standard InChI is InChI=1S/C20H34O5Si/c1-19(2,3)26(5,6)24-14-17-18(16(12-21)20(4,22)25-17)23-13-15-10-8-7-9-11-15/h7-11,16-18,21-22H,12-14H2,1-6H3/t16-,17-,18+,20?/m1/s1. The van der Waals surface area contributed by atoms with Crippen LogP contribution in [-0.2, 0) is 20.5 Å². The highest BCUT2D eigenvalue weighted by molar-refractivity contribution is 6.74. The van der Waals surface area contributed by atoms with E-state index in [1.165, 1.54) is 0 Å². The Kier molecular flexibility index (Phi) is 6.70. The molecule has 1 aliphatic rings. The number of hydrogen-bond acceptors (Lipinski definition) is 5. The first-order chi connectivity index (χ1) is 12.0. The van der Waals surface area contributed by atoms with Crippen molar-refractivity contribution in [2.24, 2.45) is 5.92 Å². The summed E-state index contributed by atoms with van der Waals surface area (Å²) < 4.78 is 18.2. The lowest BCUT2D eigenvalue weighted by atomic mass is 9.95. The smallest absolute Gasteiger partial charge is 0.192 e. The summed E-state index contributed by atoms with van der Waals surface area (Å²) in [6.45, 7) is 13.1. The van der Waals surface area contributed by atoms with Crippen molar-refractivity contribution >= 4 is 8.32 Å². The summed E-state index contributed by atoms with van der Waals surface area (Å²) in [5.41, 5.74) is 1.04. The molecule has 148 valence electrons. The number of aliphatic hydroxyl groups is 2. The number of hydrogen-bond donors (Lipinski definition) is 2. The van der Waals surface area contributed by atoms with E-state index >= 15 is 0 Å². The summed E-state index contributed by atoms with van der Waals surface area (Å²) >= 11 is 0. The largest absolute Gasteiger partial charge is 0.414 e. The molecule has 4 atom stereocenters. The summed E-state index contributed by atoms with van der Waals surface area (Å²) in [6, 6.07) is 9.86. The first-order valence-electron chi connectivity index (χ1n) is 9.28. The molecule has 0 radical (unpaired) electrons. The van der Waals surface area contributed by atoms with Crippen LogP contribution in [0.1, 0.15) is 33.3 Å². The Morgan fingerprint density at radius 2 is 1.81 bits per heavy atom. The fourth-order valence-electron chi connectivity index (χ4n) is 2.92. The fraction of sp³-hybridized carbons (Fsp3) is 0.700. The van der Waals surface area contributed by atoms with Gasteiger partial charge in [-0.1, -0.05) is 51.1 Å². The molecule has 6 heteroatoms. The second-order valence-electron chi connectivity index (χ2n) is 8.83. The Bertz CT molecular complexity index is 567. The van der Waals surface area contributed by atoms with Gasteiger partial charge >= 0.3 is 0 Å². The highest BCUT2D eigenvalue weighted by Gasteiger charge is 2.52. The third-order valence-electron chi connectivity index (χ3n) is 5.74. The zero-order valence-corrected chi connectivity index (χ0v) is 17.9. The molecular weight excluding hydrogens is 348 g/mol. The zero-order valence-electron chi connectivity index (χ0n) is 16.9. The van der Waals surface area contributed by atoms with E-state index in [1.807, 2.05) is 30.3 Å². The topological polar surface area (TPSA) is 68.2 Å². The molecule has 1 aromatic rings. The van der Waals surface area contributed by atoms with Crippen LogP contribution in [0, 0.1) is 5.92 Å². The molecule has 1 fully saturated rings. The van der Waals surface area contributed by atoms with Gasteiger partial charge < -0.3 is 24.1 Å². The fourth-order valence-corrected chi connectivity index (χ4v) is 3.94. The molecule has 0 saturated carbocycles. The normalized spacial score (nSPS) is 29.9. The molecule has 5 nitrogen and oxygen atoms in total. The van der Waals surface area contributed by atoms with Crippen molar-refractivity contribution in [3.8, 4) is 0 Å². The maximum Gasteiger partial charge on any atom is 0.192 e. The quantitative estimate of drug-likeness (QED) is 0.708. The molecule has 0 aliphatic carbocycles.